The average Bonchev–Trinajstić information content (AvgIpc) is 2.88. The van der Waals surface area contributed by atoms with Crippen LogP contribution in [-0.4, -0.2) is 40.6 Å². The molecule has 2 rings (SSSR count). The van der Waals surface area contributed by atoms with Crippen molar-refractivity contribution in [3.05, 3.63) is 0 Å². The van der Waals surface area contributed by atoms with Gasteiger partial charge >= 0.3 is 12.0 Å². The van der Waals surface area contributed by atoms with Crippen LogP contribution in [0.2, 0.25) is 0 Å². The van der Waals surface area contributed by atoms with E-state index in [0.717, 1.165) is 57.3 Å². The molecule has 0 radical (unpaired) electrons. The van der Waals surface area contributed by atoms with E-state index in [0.29, 0.717) is 0 Å². The van der Waals surface area contributed by atoms with Gasteiger partial charge in [-0.05, 0) is 38.0 Å². The van der Waals surface area contributed by atoms with Gasteiger partial charge in [0.25, 0.3) is 0 Å². The molecule has 0 bridgehead atoms. The van der Waals surface area contributed by atoms with Crippen molar-refractivity contribution < 1.29 is 14.7 Å². The number of urea groups is 1. The molecule has 0 aromatic rings. The number of rotatable bonds is 4. The third-order valence-corrected chi connectivity index (χ3v) is 4.92. The molecule has 0 aliphatic heterocycles. The molecule has 2 unspecified atom stereocenters. The number of nitrogens with zero attached hydrogens (tertiary/aromatic N) is 1. The van der Waals surface area contributed by atoms with Gasteiger partial charge in [0, 0.05) is 12.1 Å². The van der Waals surface area contributed by atoms with Gasteiger partial charge in [-0.2, -0.15) is 0 Å². The summed E-state index contributed by atoms with van der Waals surface area (Å²) in [7, 11) is 0. The van der Waals surface area contributed by atoms with Gasteiger partial charge in [0.2, 0.25) is 0 Å². The summed E-state index contributed by atoms with van der Waals surface area (Å²) >= 11 is 0. The van der Waals surface area contributed by atoms with Gasteiger partial charge in [0.05, 0.1) is 0 Å². The Hall–Kier alpha value is -1.26. The smallest absolute Gasteiger partial charge is 0.323 e. The number of carboxylic acids is 1. The second kappa shape index (κ2) is 7.66. The zero-order chi connectivity index (χ0) is 15.2. The van der Waals surface area contributed by atoms with Crippen LogP contribution in [-0.2, 0) is 4.79 Å². The first-order chi connectivity index (χ1) is 10.1. The molecule has 120 valence electrons. The highest BCUT2D eigenvalue weighted by Crippen LogP contribution is 2.25. The number of carbonyl (C=O) groups is 2. The number of hydrogen-bond donors (Lipinski definition) is 2. The summed E-state index contributed by atoms with van der Waals surface area (Å²) in [6.07, 6.45) is 9.60. The summed E-state index contributed by atoms with van der Waals surface area (Å²) in [4.78, 5) is 25.1. The van der Waals surface area contributed by atoms with Gasteiger partial charge in [-0.1, -0.05) is 32.6 Å². The van der Waals surface area contributed by atoms with Crippen molar-refractivity contribution in [2.24, 2.45) is 5.92 Å². The maximum absolute atomic E-state index is 12.5. The lowest BCUT2D eigenvalue weighted by molar-refractivity contribution is -0.138. The molecular formula is C16H28N2O3. The Kier molecular flexibility index (Phi) is 5.88. The van der Waals surface area contributed by atoms with Gasteiger partial charge in [-0.25, -0.2) is 4.79 Å². The lowest BCUT2D eigenvalue weighted by Crippen LogP contribution is -2.50. The molecule has 0 spiro atoms. The monoisotopic (exact) mass is 296 g/mol. The van der Waals surface area contributed by atoms with Crippen LogP contribution < -0.4 is 5.32 Å². The van der Waals surface area contributed by atoms with Crippen molar-refractivity contribution in [1.29, 1.82) is 0 Å². The van der Waals surface area contributed by atoms with Crippen molar-refractivity contribution in [1.82, 2.24) is 10.2 Å². The van der Waals surface area contributed by atoms with Gasteiger partial charge in [-0.3, -0.25) is 4.79 Å². The zero-order valence-corrected chi connectivity index (χ0v) is 13.0. The fourth-order valence-electron chi connectivity index (χ4n) is 3.62. The standard InChI is InChI=1S/C16H28N2O3/c1-12-5-4-6-13(10-9-12)17-16(21)18(11-15(19)20)14-7-2-3-8-14/h12-14H,2-11H2,1H3,(H,17,21)(H,19,20). The fourth-order valence-corrected chi connectivity index (χ4v) is 3.62. The molecule has 0 saturated heterocycles. The van der Waals surface area contributed by atoms with Crippen LogP contribution in [0.3, 0.4) is 0 Å². The summed E-state index contributed by atoms with van der Waals surface area (Å²) in [5.41, 5.74) is 0. The van der Waals surface area contributed by atoms with Crippen LogP contribution in [0, 0.1) is 5.92 Å². The van der Waals surface area contributed by atoms with Gasteiger partial charge in [0.1, 0.15) is 6.54 Å². The van der Waals surface area contributed by atoms with E-state index in [9.17, 15) is 9.59 Å². The van der Waals surface area contributed by atoms with E-state index in [1.807, 2.05) is 0 Å². The Morgan fingerprint density at radius 1 is 1.05 bits per heavy atom. The highest BCUT2D eigenvalue weighted by molar-refractivity contribution is 5.80. The number of amides is 2. The molecule has 0 aromatic carbocycles. The molecular weight excluding hydrogens is 268 g/mol. The molecule has 2 fully saturated rings. The molecule has 2 N–H and O–H groups in total. The highest BCUT2D eigenvalue weighted by Gasteiger charge is 2.29. The van der Waals surface area contributed by atoms with E-state index in [1.54, 1.807) is 4.90 Å². The predicted molar refractivity (Wildman–Crippen MR) is 81.2 cm³/mol. The van der Waals surface area contributed by atoms with Crippen molar-refractivity contribution in [3.63, 3.8) is 0 Å². The Morgan fingerprint density at radius 2 is 1.76 bits per heavy atom. The van der Waals surface area contributed by atoms with Crippen LogP contribution in [0.25, 0.3) is 0 Å². The summed E-state index contributed by atoms with van der Waals surface area (Å²) in [6, 6.07) is 0.134. The first kappa shape index (κ1) is 16.1. The Labute approximate surface area is 127 Å². The molecule has 2 aliphatic carbocycles. The van der Waals surface area contributed by atoms with E-state index in [2.05, 4.69) is 12.2 Å². The second-order valence-corrected chi connectivity index (χ2v) is 6.72. The SMILES string of the molecule is CC1CCCC(NC(=O)N(CC(=O)O)C2CCCC2)CC1. The minimum Gasteiger partial charge on any atom is -0.480 e. The lowest BCUT2D eigenvalue weighted by atomic mass is 10.0. The van der Waals surface area contributed by atoms with Crippen molar-refractivity contribution >= 4 is 12.0 Å². The molecule has 2 saturated carbocycles. The number of carboxylic acid groups (broad SMARTS) is 1. The molecule has 2 atom stereocenters. The minimum atomic E-state index is -0.925. The molecule has 5 nitrogen and oxygen atoms in total. The molecule has 0 aromatic heterocycles. The van der Waals surface area contributed by atoms with Crippen LogP contribution >= 0.6 is 0 Å². The molecule has 2 amide bonds. The topological polar surface area (TPSA) is 69.6 Å². The normalized spacial score (nSPS) is 27.1. The number of aliphatic carboxylic acids is 1. The molecule has 0 heterocycles. The lowest BCUT2D eigenvalue weighted by Gasteiger charge is -2.29. The highest BCUT2D eigenvalue weighted by atomic mass is 16.4. The van der Waals surface area contributed by atoms with E-state index >= 15 is 0 Å². The van der Waals surface area contributed by atoms with E-state index < -0.39 is 5.97 Å². The van der Waals surface area contributed by atoms with Crippen molar-refractivity contribution in [2.45, 2.75) is 76.8 Å². The van der Waals surface area contributed by atoms with Crippen molar-refractivity contribution in [2.75, 3.05) is 6.54 Å². The van der Waals surface area contributed by atoms with Crippen LogP contribution in [0.5, 0.6) is 0 Å². The quantitative estimate of drug-likeness (QED) is 0.784. The average molecular weight is 296 g/mol. The summed E-state index contributed by atoms with van der Waals surface area (Å²) in [6.45, 7) is 2.08. The van der Waals surface area contributed by atoms with Gasteiger partial charge in [-0.15, -0.1) is 0 Å². The van der Waals surface area contributed by atoms with Crippen LogP contribution in [0.15, 0.2) is 0 Å². The summed E-state index contributed by atoms with van der Waals surface area (Å²) in [5, 5.41) is 12.1. The summed E-state index contributed by atoms with van der Waals surface area (Å²) < 4.78 is 0. The predicted octanol–water partition coefficient (Wildman–Crippen LogP) is 2.99. The second-order valence-electron chi connectivity index (χ2n) is 6.72. The fraction of sp³-hybridized carbons (Fsp3) is 0.875. The maximum Gasteiger partial charge on any atom is 0.323 e. The van der Waals surface area contributed by atoms with Gasteiger partial charge < -0.3 is 15.3 Å². The Bertz CT molecular complexity index is 367. The van der Waals surface area contributed by atoms with Crippen LogP contribution in [0.1, 0.15) is 64.7 Å². The van der Waals surface area contributed by atoms with E-state index in [-0.39, 0.29) is 24.7 Å². The first-order valence-corrected chi connectivity index (χ1v) is 8.35. The molecule has 5 heteroatoms. The molecule has 21 heavy (non-hydrogen) atoms. The minimum absolute atomic E-state index is 0.103. The zero-order valence-electron chi connectivity index (χ0n) is 13.0. The third kappa shape index (κ3) is 4.90. The molecule has 2 aliphatic rings. The van der Waals surface area contributed by atoms with E-state index in [1.165, 1.54) is 6.42 Å². The maximum atomic E-state index is 12.5. The largest absolute Gasteiger partial charge is 0.480 e. The van der Waals surface area contributed by atoms with E-state index in [4.69, 9.17) is 5.11 Å². The van der Waals surface area contributed by atoms with Gasteiger partial charge in [0.15, 0.2) is 0 Å². The number of nitrogens with one attached hydrogen (secondary N) is 1. The third-order valence-electron chi connectivity index (χ3n) is 4.92. The van der Waals surface area contributed by atoms with Crippen molar-refractivity contribution in [3.8, 4) is 0 Å². The Morgan fingerprint density at radius 3 is 2.43 bits per heavy atom. The first-order valence-electron chi connectivity index (χ1n) is 8.35. The van der Waals surface area contributed by atoms with Crippen LogP contribution in [0.4, 0.5) is 4.79 Å². The Balaban J connectivity index is 1.92. The number of carbonyl (C=O) groups excluding carboxylic acids is 1. The number of hydrogen-bond acceptors (Lipinski definition) is 2. The summed E-state index contributed by atoms with van der Waals surface area (Å²) in [5.74, 6) is -0.191.